The second kappa shape index (κ2) is 13.5. The van der Waals surface area contributed by atoms with Gasteiger partial charge in [0.25, 0.3) is 0 Å². The quantitative estimate of drug-likeness (QED) is 0.165. The van der Waals surface area contributed by atoms with Crippen LogP contribution >= 0.6 is 56.0 Å². The average Bonchev–Trinajstić information content (AvgIpc) is 3.21. The number of para-hydroxylation sites is 2. The summed E-state index contributed by atoms with van der Waals surface area (Å²) in [6, 6.07) is 16.5. The number of hydrogen-bond donors (Lipinski definition) is 0. The van der Waals surface area contributed by atoms with Crippen LogP contribution in [0.15, 0.2) is 57.2 Å². The molecule has 2 aromatic carbocycles. The summed E-state index contributed by atoms with van der Waals surface area (Å²) in [5.74, 6) is 0. The van der Waals surface area contributed by atoms with E-state index in [1.54, 1.807) is 56.0 Å². The number of ether oxygens (including phenoxy) is 1. The first-order chi connectivity index (χ1) is 13.2. The molecule has 29 heavy (non-hydrogen) atoms. The normalized spacial score (nSPS) is 14.0. The Hall–Kier alpha value is -0.770. The maximum absolute atomic E-state index is 4.71. The molecule has 0 saturated carbocycles. The first kappa shape index (κ1) is 26.3. The number of rotatable bonds is 3. The van der Waals surface area contributed by atoms with E-state index in [4.69, 9.17) is 4.74 Å². The van der Waals surface area contributed by atoms with E-state index >= 15 is 0 Å². The highest BCUT2D eigenvalue weighted by Gasteiger charge is 2.13. The fraction of sp³-hybridized carbons (Fsp3) is 0.333. The Labute approximate surface area is 194 Å². The third-order valence-corrected chi connectivity index (χ3v) is 8.42. The fourth-order valence-electron chi connectivity index (χ4n) is 1.99. The van der Waals surface area contributed by atoms with Gasteiger partial charge in [-0.2, -0.15) is 0 Å². The molecule has 1 aliphatic heterocycles. The summed E-state index contributed by atoms with van der Waals surface area (Å²) in [6.07, 6.45) is 4.70. The number of epoxide rings is 1. The highest BCUT2D eigenvalue weighted by molar-refractivity contribution is 8.76. The molecule has 3 nitrogen and oxygen atoms in total. The molecule has 0 bridgehead atoms. The summed E-state index contributed by atoms with van der Waals surface area (Å²) in [5.41, 5.74) is 2.22. The van der Waals surface area contributed by atoms with E-state index < -0.39 is 0 Å². The van der Waals surface area contributed by atoms with Gasteiger partial charge in [-0.25, -0.2) is 9.97 Å². The Morgan fingerprint density at radius 1 is 0.862 bits per heavy atom. The van der Waals surface area contributed by atoms with E-state index in [1.165, 1.54) is 9.40 Å². The van der Waals surface area contributed by atoms with Crippen molar-refractivity contribution in [3.05, 3.63) is 48.5 Å². The Bertz CT molecular complexity index is 915. The van der Waals surface area contributed by atoms with E-state index in [0.29, 0.717) is 6.10 Å². The predicted octanol–water partition coefficient (Wildman–Crippen LogP) is 8.36. The van der Waals surface area contributed by atoms with Crippen molar-refractivity contribution in [1.82, 2.24) is 9.97 Å². The van der Waals surface area contributed by atoms with Crippen molar-refractivity contribution in [2.75, 3.05) is 19.1 Å². The Morgan fingerprint density at radius 2 is 1.31 bits per heavy atom. The van der Waals surface area contributed by atoms with Crippen LogP contribution in [-0.4, -0.2) is 35.2 Å². The average molecular weight is 485 g/mol. The molecule has 0 aliphatic carbocycles. The maximum Gasteiger partial charge on any atom is 0.161 e. The second-order valence-corrected chi connectivity index (χ2v) is 11.3. The summed E-state index contributed by atoms with van der Waals surface area (Å²) in [6.45, 7) is 3.04. The summed E-state index contributed by atoms with van der Waals surface area (Å²) in [5, 5.41) is 0. The molecule has 1 atom stereocenters. The van der Waals surface area contributed by atoms with Gasteiger partial charge in [-0.05, 0) is 54.5 Å². The van der Waals surface area contributed by atoms with Crippen LogP contribution in [0.1, 0.15) is 21.8 Å². The van der Waals surface area contributed by atoms with E-state index in [9.17, 15) is 0 Å². The fourth-order valence-corrected chi connectivity index (χ4v) is 6.32. The van der Waals surface area contributed by atoms with Gasteiger partial charge in [0.2, 0.25) is 0 Å². The minimum Gasteiger partial charge on any atom is -0.373 e. The van der Waals surface area contributed by atoms with Crippen LogP contribution in [0.4, 0.5) is 0 Å². The molecule has 0 amide bonds. The number of thiazole rings is 2. The van der Waals surface area contributed by atoms with Gasteiger partial charge in [-0.1, -0.05) is 61.7 Å². The van der Waals surface area contributed by atoms with Gasteiger partial charge >= 0.3 is 0 Å². The number of benzene rings is 2. The van der Waals surface area contributed by atoms with Gasteiger partial charge in [-0.3, -0.25) is 0 Å². The molecule has 8 heteroatoms. The van der Waals surface area contributed by atoms with Crippen molar-refractivity contribution in [3.8, 4) is 0 Å². The largest absolute Gasteiger partial charge is 0.373 e. The number of fused-ring (bicyclic) bond motifs is 2. The SMILES string of the molecule is C.C.CC1CO1.CSSc1nc2ccccc2s1.CSc1nc2ccccc2s1. The zero-order valence-electron chi connectivity index (χ0n) is 15.2. The molecule has 158 valence electrons. The van der Waals surface area contributed by atoms with E-state index in [1.807, 2.05) is 30.3 Å². The van der Waals surface area contributed by atoms with Crippen LogP contribution in [0.2, 0.25) is 0 Å². The van der Waals surface area contributed by atoms with Gasteiger partial charge in [0.1, 0.15) is 0 Å². The smallest absolute Gasteiger partial charge is 0.161 e. The third kappa shape index (κ3) is 8.47. The zero-order valence-corrected chi connectivity index (χ0v) is 19.3. The van der Waals surface area contributed by atoms with Gasteiger partial charge in [-0.15, -0.1) is 22.7 Å². The lowest BCUT2D eigenvalue weighted by molar-refractivity contribution is 0.423. The predicted molar refractivity (Wildman–Crippen MR) is 139 cm³/mol. The van der Waals surface area contributed by atoms with Crippen LogP contribution < -0.4 is 0 Å². The summed E-state index contributed by atoms with van der Waals surface area (Å²) < 4.78 is 9.54. The van der Waals surface area contributed by atoms with Crippen LogP contribution in [0.5, 0.6) is 0 Å². The molecule has 0 spiro atoms. The lowest BCUT2D eigenvalue weighted by Gasteiger charge is -1.84. The van der Waals surface area contributed by atoms with E-state index in [2.05, 4.69) is 47.6 Å². The maximum atomic E-state index is 4.71. The van der Waals surface area contributed by atoms with E-state index in [-0.39, 0.29) is 14.9 Å². The van der Waals surface area contributed by atoms with Gasteiger partial charge in [0.15, 0.2) is 8.68 Å². The standard InChI is InChI=1S/C8H7NS3.C8H7NS2.C3H6O.2CH4/c1-10-12-8-9-6-4-2-3-5-7(6)11-8;1-10-8-9-6-4-2-3-5-7(6)11-8;1-3-2-4-3;;/h2-5H,1H3;2-5H,1H3;3H,2H2,1H3;2*1H4. The van der Waals surface area contributed by atoms with Crippen LogP contribution in [0.25, 0.3) is 20.4 Å². The Kier molecular flexibility index (Phi) is 12.2. The van der Waals surface area contributed by atoms with Crippen molar-refractivity contribution >= 4 is 76.5 Å². The van der Waals surface area contributed by atoms with Crippen molar-refractivity contribution in [2.24, 2.45) is 0 Å². The Morgan fingerprint density at radius 3 is 1.72 bits per heavy atom. The molecular formula is C21H28N2OS5. The Balaban J connectivity index is 0.000000231. The van der Waals surface area contributed by atoms with Crippen LogP contribution in [0.3, 0.4) is 0 Å². The molecule has 5 rings (SSSR count). The van der Waals surface area contributed by atoms with Gasteiger partial charge in [0.05, 0.1) is 33.1 Å². The molecule has 4 aromatic rings. The van der Waals surface area contributed by atoms with Crippen LogP contribution in [0, 0.1) is 0 Å². The van der Waals surface area contributed by atoms with Gasteiger partial charge < -0.3 is 4.74 Å². The molecule has 0 radical (unpaired) electrons. The zero-order chi connectivity index (χ0) is 19.1. The number of thioether (sulfide) groups is 1. The second-order valence-electron chi connectivity index (χ2n) is 5.49. The molecule has 2 aromatic heterocycles. The van der Waals surface area contributed by atoms with Crippen molar-refractivity contribution in [3.63, 3.8) is 0 Å². The highest BCUT2D eigenvalue weighted by Crippen LogP contribution is 2.34. The van der Waals surface area contributed by atoms with Crippen molar-refractivity contribution in [1.29, 1.82) is 0 Å². The number of aromatic nitrogens is 2. The first-order valence-electron chi connectivity index (χ1n) is 8.27. The molecule has 1 fully saturated rings. The number of hydrogen-bond acceptors (Lipinski definition) is 8. The first-order valence-corrected chi connectivity index (χ1v) is 13.7. The third-order valence-electron chi connectivity index (χ3n) is 3.38. The monoisotopic (exact) mass is 484 g/mol. The molecule has 1 aliphatic rings. The van der Waals surface area contributed by atoms with E-state index in [0.717, 1.165) is 26.3 Å². The summed E-state index contributed by atoms with van der Waals surface area (Å²) >= 11 is 5.20. The molecule has 1 unspecified atom stereocenters. The van der Waals surface area contributed by atoms with Crippen molar-refractivity contribution < 1.29 is 4.74 Å². The van der Waals surface area contributed by atoms with Gasteiger partial charge in [0, 0.05) is 0 Å². The lowest BCUT2D eigenvalue weighted by Crippen LogP contribution is -1.65. The summed E-state index contributed by atoms with van der Waals surface area (Å²) in [4.78, 5) is 8.88. The van der Waals surface area contributed by atoms with Crippen LogP contribution in [-0.2, 0) is 4.74 Å². The summed E-state index contributed by atoms with van der Waals surface area (Å²) in [7, 11) is 3.46. The lowest BCUT2D eigenvalue weighted by atomic mass is 10.3. The molecule has 0 N–H and O–H groups in total. The minimum absolute atomic E-state index is 0. The molecular weight excluding hydrogens is 457 g/mol. The minimum atomic E-state index is 0. The van der Waals surface area contributed by atoms with Crippen molar-refractivity contribution in [2.45, 2.75) is 36.6 Å². The highest BCUT2D eigenvalue weighted by atomic mass is 33.1. The topological polar surface area (TPSA) is 38.3 Å². The number of nitrogens with zero attached hydrogens (tertiary/aromatic N) is 2. The molecule has 1 saturated heterocycles. The molecule has 3 heterocycles.